The van der Waals surface area contributed by atoms with Crippen LogP contribution in [0.2, 0.25) is 0 Å². The molecule has 0 bridgehead atoms. The van der Waals surface area contributed by atoms with Crippen LogP contribution < -0.4 is 10.1 Å². The van der Waals surface area contributed by atoms with E-state index in [0.717, 1.165) is 15.4 Å². The van der Waals surface area contributed by atoms with Crippen LogP contribution in [0.25, 0.3) is 0 Å². The zero-order chi connectivity index (χ0) is 29.6. The number of sulfonamides is 1. The van der Waals surface area contributed by atoms with E-state index in [0.29, 0.717) is 5.56 Å². The van der Waals surface area contributed by atoms with Crippen molar-refractivity contribution in [2.45, 2.75) is 44.8 Å². The summed E-state index contributed by atoms with van der Waals surface area (Å²) in [5.74, 6) is -2.18. The molecule has 2 aromatic carbocycles. The van der Waals surface area contributed by atoms with E-state index in [1.165, 1.54) is 18.3 Å². The SMILES string of the molecule is CC(C)c1ccccc1C1(C(=O)Nc2cccnc2OC(F)F)CN(S(=O)(=O)CCC(=O)OCc2ccccc2)C1. The van der Waals surface area contributed by atoms with Gasteiger partial charge in [0.15, 0.2) is 0 Å². The molecule has 1 N–H and O–H groups in total. The molecule has 218 valence electrons. The van der Waals surface area contributed by atoms with E-state index >= 15 is 0 Å². The Morgan fingerprint density at radius 1 is 1.02 bits per heavy atom. The third kappa shape index (κ3) is 7.06. The average molecular weight is 588 g/mol. The van der Waals surface area contributed by atoms with Crippen LogP contribution in [0.5, 0.6) is 5.88 Å². The lowest BCUT2D eigenvalue weighted by Gasteiger charge is -2.49. The number of nitrogens with zero attached hydrogens (tertiary/aromatic N) is 2. The molecule has 1 fully saturated rings. The van der Waals surface area contributed by atoms with Crippen molar-refractivity contribution in [3.63, 3.8) is 0 Å². The summed E-state index contributed by atoms with van der Waals surface area (Å²) in [7, 11) is -3.93. The first-order valence-corrected chi connectivity index (χ1v) is 14.6. The van der Waals surface area contributed by atoms with Gasteiger partial charge in [-0.3, -0.25) is 9.59 Å². The summed E-state index contributed by atoms with van der Waals surface area (Å²) in [6.07, 6.45) is 0.900. The lowest BCUT2D eigenvalue weighted by Crippen LogP contribution is -2.66. The molecule has 2 heterocycles. The van der Waals surface area contributed by atoms with E-state index in [4.69, 9.17) is 4.74 Å². The van der Waals surface area contributed by atoms with Gasteiger partial charge in [0.25, 0.3) is 0 Å². The van der Waals surface area contributed by atoms with Crippen molar-refractivity contribution < 1.29 is 36.3 Å². The number of benzene rings is 2. The number of amides is 1. The summed E-state index contributed by atoms with van der Waals surface area (Å²) >= 11 is 0. The monoisotopic (exact) mass is 587 g/mol. The minimum Gasteiger partial charge on any atom is -0.461 e. The second-order valence-corrected chi connectivity index (χ2v) is 12.1. The van der Waals surface area contributed by atoms with Crippen LogP contribution in [0.1, 0.15) is 42.9 Å². The summed E-state index contributed by atoms with van der Waals surface area (Å²) in [5, 5.41) is 2.62. The van der Waals surface area contributed by atoms with Crippen LogP contribution in [0.3, 0.4) is 0 Å². The van der Waals surface area contributed by atoms with Crippen LogP contribution in [0, 0.1) is 0 Å². The Bertz CT molecular complexity index is 1480. The zero-order valence-corrected chi connectivity index (χ0v) is 23.4. The number of halogens is 2. The number of carbonyl (C=O) groups excluding carboxylic acids is 2. The van der Waals surface area contributed by atoms with Crippen molar-refractivity contribution in [3.8, 4) is 5.88 Å². The fraction of sp³-hybridized carbons (Fsp3) is 0.345. The maximum absolute atomic E-state index is 13.8. The highest BCUT2D eigenvalue weighted by atomic mass is 32.2. The first kappa shape index (κ1) is 30.1. The highest BCUT2D eigenvalue weighted by Gasteiger charge is 2.55. The number of ether oxygens (including phenoxy) is 2. The Hall–Kier alpha value is -3.90. The summed E-state index contributed by atoms with van der Waals surface area (Å²) in [6.45, 7) is 0.386. The number of rotatable bonds is 12. The minimum atomic E-state index is -3.93. The second-order valence-electron chi connectivity index (χ2n) is 9.99. The predicted molar refractivity (Wildman–Crippen MR) is 148 cm³/mol. The molecular formula is C29H31F2N3O6S. The number of esters is 1. The normalized spacial score (nSPS) is 14.9. The van der Waals surface area contributed by atoms with Crippen LogP contribution in [-0.4, -0.2) is 55.0 Å². The number of alkyl halides is 2. The maximum Gasteiger partial charge on any atom is 0.388 e. The predicted octanol–water partition coefficient (Wildman–Crippen LogP) is 4.46. The minimum absolute atomic E-state index is 0.0111. The van der Waals surface area contributed by atoms with Crippen molar-refractivity contribution in [3.05, 3.63) is 89.6 Å². The van der Waals surface area contributed by atoms with Crippen molar-refractivity contribution in [2.75, 3.05) is 24.2 Å². The van der Waals surface area contributed by atoms with Gasteiger partial charge in [-0.25, -0.2) is 13.4 Å². The fourth-order valence-corrected chi connectivity index (χ4v) is 6.20. The van der Waals surface area contributed by atoms with Gasteiger partial charge in [-0.05, 0) is 34.7 Å². The molecule has 0 radical (unpaired) electrons. The summed E-state index contributed by atoms with van der Waals surface area (Å²) in [5.41, 5.74) is 0.865. The van der Waals surface area contributed by atoms with Gasteiger partial charge in [-0.2, -0.15) is 13.1 Å². The molecule has 1 aromatic heterocycles. The highest BCUT2D eigenvalue weighted by Crippen LogP contribution is 2.41. The molecule has 0 spiro atoms. The number of nitrogens with one attached hydrogen (secondary N) is 1. The van der Waals surface area contributed by atoms with E-state index in [2.05, 4.69) is 15.0 Å². The van der Waals surface area contributed by atoms with Crippen molar-refractivity contribution in [2.24, 2.45) is 0 Å². The molecule has 4 rings (SSSR count). The molecule has 0 aliphatic carbocycles. The largest absolute Gasteiger partial charge is 0.461 e. The van der Waals surface area contributed by atoms with Gasteiger partial charge in [0.2, 0.25) is 21.8 Å². The molecule has 12 heteroatoms. The van der Waals surface area contributed by atoms with E-state index in [-0.39, 0.29) is 37.7 Å². The molecule has 0 saturated carbocycles. The molecule has 9 nitrogen and oxygen atoms in total. The summed E-state index contributed by atoms with van der Waals surface area (Å²) in [4.78, 5) is 29.8. The number of pyridine rings is 1. The molecule has 41 heavy (non-hydrogen) atoms. The molecule has 3 aromatic rings. The highest BCUT2D eigenvalue weighted by molar-refractivity contribution is 7.89. The third-order valence-corrected chi connectivity index (χ3v) is 8.61. The van der Waals surface area contributed by atoms with Gasteiger partial charge in [-0.1, -0.05) is 68.4 Å². The van der Waals surface area contributed by atoms with Gasteiger partial charge in [0.05, 0.1) is 12.2 Å². The maximum atomic E-state index is 13.8. The van der Waals surface area contributed by atoms with Gasteiger partial charge in [0, 0.05) is 19.3 Å². The van der Waals surface area contributed by atoms with Crippen molar-refractivity contribution in [1.29, 1.82) is 0 Å². The van der Waals surface area contributed by atoms with Crippen LogP contribution in [0.4, 0.5) is 14.5 Å². The standard InChI is InChI=1S/C29H31F2N3O6S/c1-20(2)22-11-6-7-12-23(22)29(27(36)33-24-13-8-15-32-26(24)40-28(30)31)18-34(19-29)41(37,38)16-14-25(35)39-17-21-9-4-3-5-10-21/h3-13,15,20,28H,14,16-19H2,1-2H3,(H,33,36). The molecular weight excluding hydrogens is 556 g/mol. The fourth-order valence-electron chi connectivity index (χ4n) is 4.68. The molecule has 0 atom stereocenters. The molecule has 1 amide bonds. The Kier molecular flexibility index (Phi) is 9.34. The Morgan fingerprint density at radius 3 is 2.39 bits per heavy atom. The molecule has 1 aliphatic rings. The van der Waals surface area contributed by atoms with Gasteiger partial charge in [0.1, 0.15) is 17.7 Å². The first-order chi connectivity index (χ1) is 19.5. The number of hydrogen-bond donors (Lipinski definition) is 1. The van der Waals surface area contributed by atoms with E-state index in [9.17, 15) is 26.8 Å². The second kappa shape index (κ2) is 12.7. The van der Waals surface area contributed by atoms with E-state index < -0.39 is 45.6 Å². The lowest BCUT2D eigenvalue weighted by molar-refractivity contribution is -0.144. The van der Waals surface area contributed by atoms with Gasteiger partial charge in [-0.15, -0.1) is 0 Å². The zero-order valence-electron chi connectivity index (χ0n) is 22.6. The number of aromatic nitrogens is 1. The van der Waals surface area contributed by atoms with Gasteiger partial charge >= 0.3 is 12.6 Å². The summed E-state index contributed by atoms with van der Waals surface area (Å²) < 4.78 is 62.9. The lowest BCUT2D eigenvalue weighted by atomic mass is 9.71. The smallest absolute Gasteiger partial charge is 0.388 e. The van der Waals surface area contributed by atoms with Crippen LogP contribution >= 0.6 is 0 Å². The van der Waals surface area contributed by atoms with E-state index in [1.54, 1.807) is 36.4 Å². The van der Waals surface area contributed by atoms with Crippen molar-refractivity contribution >= 4 is 27.6 Å². The quantitative estimate of drug-likeness (QED) is 0.311. The van der Waals surface area contributed by atoms with Crippen LogP contribution in [-0.2, 0) is 36.4 Å². The topological polar surface area (TPSA) is 115 Å². The number of anilines is 1. The molecule has 0 unspecified atom stereocenters. The first-order valence-electron chi connectivity index (χ1n) is 13.0. The molecule has 1 saturated heterocycles. The number of carbonyl (C=O) groups is 2. The third-order valence-electron chi connectivity index (χ3n) is 6.85. The Labute approximate surface area is 237 Å². The Morgan fingerprint density at radius 2 is 1.71 bits per heavy atom. The van der Waals surface area contributed by atoms with E-state index in [1.807, 2.05) is 32.0 Å². The summed E-state index contributed by atoms with van der Waals surface area (Å²) in [6, 6.07) is 19.1. The van der Waals surface area contributed by atoms with Gasteiger partial charge < -0.3 is 14.8 Å². The van der Waals surface area contributed by atoms with Crippen molar-refractivity contribution in [1.82, 2.24) is 9.29 Å². The van der Waals surface area contributed by atoms with Crippen LogP contribution in [0.15, 0.2) is 72.9 Å². The molecule has 1 aliphatic heterocycles. The Balaban J connectivity index is 1.52. The number of hydrogen-bond acceptors (Lipinski definition) is 7. The average Bonchev–Trinajstić information content (AvgIpc) is 2.92.